The zero-order valence-corrected chi connectivity index (χ0v) is 14.5. The van der Waals surface area contributed by atoms with Crippen LogP contribution >= 0.6 is 0 Å². The summed E-state index contributed by atoms with van der Waals surface area (Å²) < 4.78 is 1.63. The van der Waals surface area contributed by atoms with Crippen LogP contribution in [0.15, 0.2) is 43.2 Å². The fourth-order valence-electron chi connectivity index (χ4n) is 3.14. The quantitative estimate of drug-likeness (QED) is 0.541. The highest BCUT2D eigenvalue weighted by molar-refractivity contribution is 5.74. The minimum atomic E-state index is -0.421. The second-order valence-electron chi connectivity index (χ2n) is 6.21. The number of hydrogen-bond donors (Lipinski definition) is 1. The molecule has 0 atom stereocenters. The van der Waals surface area contributed by atoms with E-state index in [1.54, 1.807) is 11.0 Å². The van der Waals surface area contributed by atoms with E-state index >= 15 is 0 Å². The molecule has 0 bridgehead atoms. The van der Waals surface area contributed by atoms with Crippen molar-refractivity contribution in [1.82, 2.24) is 24.7 Å². The first-order chi connectivity index (χ1) is 13.2. The molecule has 1 aromatic carbocycles. The minimum absolute atomic E-state index is 0.0975. The topological polar surface area (TPSA) is 115 Å². The number of aromatic nitrogens is 5. The Hall–Kier alpha value is -3.56. The molecule has 0 radical (unpaired) electrons. The van der Waals surface area contributed by atoms with E-state index in [9.17, 15) is 10.1 Å². The molecule has 138 valence electrons. The summed E-state index contributed by atoms with van der Waals surface area (Å²) in [5.41, 5.74) is 1.43. The van der Waals surface area contributed by atoms with Crippen LogP contribution in [0, 0.1) is 10.1 Å². The molecule has 4 rings (SSSR count). The molecule has 0 unspecified atom stereocenters. The summed E-state index contributed by atoms with van der Waals surface area (Å²) in [4.78, 5) is 25.5. The molecule has 10 heteroatoms. The third-order valence-corrected chi connectivity index (χ3v) is 4.45. The molecule has 10 nitrogen and oxygen atoms in total. The van der Waals surface area contributed by atoms with Crippen molar-refractivity contribution in [1.29, 1.82) is 0 Å². The van der Waals surface area contributed by atoms with Crippen LogP contribution in [-0.4, -0.2) is 42.7 Å². The molecule has 2 aromatic heterocycles. The normalized spacial score (nSPS) is 14.1. The van der Waals surface area contributed by atoms with Gasteiger partial charge in [0.05, 0.1) is 10.6 Å². The summed E-state index contributed by atoms with van der Waals surface area (Å²) in [7, 11) is 0. The van der Waals surface area contributed by atoms with Gasteiger partial charge in [-0.15, -0.1) is 0 Å². The molecular formula is C17H18N8O2. The van der Waals surface area contributed by atoms with Crippen molar-refractivity contribution in [2.75, 3.05) is 23.3 Å². The van der Waals surface area contributed by atoms with E-state index in [4.69, 9.17) is 0 Å². The highest BCUT2D eigenvalue weighted by Crippen LogP contribution is 2.34. The average molecular weight is 366 g/mol. The molecule has 0 aliphatic carbocycles. The highest BCUT2D eigenvalue weighted by Gasteiger charge is 2.27. The number of nitrogens with one attached hydrogen (secondary N) is 1. The maximum absolute atomic E-state index is 11.7. The smallest absolute Gasteiger partial charge is 0.351 e. The van der Waals surface area contributed by atoms with E-state index in [-0.39, 0.29) is 11.5 Å². The van der Waals surface area contributed by atoms with E-state index in [1.165, 1.54) is 12.7 Å². The van der Waals surface area contributed by atoms with E-state index in [2.05, 4.69) is 25.4 Å². The molecule has 1 aliphatic rings. The second kappa shape index (κ2) is 7.36. The third-order valence-electron chi connectivity index (χ3n) is 4.45. The van der Waals surface area contributed by atoms with Crippen molar-refractivity contribution in [2.45, 2.75) is 19.3 Å². The van der Waals surface area contributed by atoms with Gasteiger partial charge in [-0.2, -0.15) is 5.10 Å². The SMILES string of the molecule is O=[N+]([O-])c1c(Nc2ccc(-n3cncn3)cc2)ncnc1N1CCCCC1. The molecule has 0 saturated carbocycles. The van der Waals surface area contributed by atoms with Crippen molar-refractivity contribution in [2.24, 2.45) is 0 Å². The molecule has 0 amide bonds. The number of rotatable bonds is 5. The Morgan fingerprint density at radius 1 is 1.04 bits per heavy atom. The first kappa shape index (κ1) is 16.9. The molecule has 3 heterocycles. The van der Waals surface area contributed by atoms with Crippen LogP contribution in [0.5, 0.6) is 0 Å². The molecule has 1 saturated heterocycles. The third kappa shape index (κ3) is 3.54. The zero-order chi connectivity index (χ0) is 18.6. The number of hydrogen-bond acceptors (Lipinski definition) is 8. The Bertz CT molecular complexity index is 921. The highest BCUT2D eigenvalue weighted by atomic mass is 16.6. The fourth-order valence-corrected chi connectivity index (χ4v) is 3.14. The van der Waals surface area contributed by atoms with Gasteiger partial charge in [0.2, 0.25) is 11.6 Å². The summed E-state index contributed by atoms with van der Waals surface area (Å²) in [6, 6.07) is 7.30. The Balaban J connectivity index is 1.62. The first-order valence-corrected chi connectivity index (χ1v) is 8.69. The van der Waals surface area contributed by atoms with Crippen molar-refractivity contribution in [3.63, 3.8) is 0 Å². The predicted octanol–water partition coefficient (Wildman–Crippen LogP) is 2.70. The minimum Gasteiger partial charge on any atom is -0.351 e. The molecule has 27 heavy (non-hydrogen) atoms. The van der Waals surface area contributed by atoms with Crippen LogP contribution in [0.3, 0.4) is 0 Å². The lowest BCUT2D eigenvalue weighted by Crippen LogP contribution is -2.31. The number of nitrogens with zero attached hydrogens (tertiary/aromatic N) is 7. The average Bonchev–Trinajstić information content (AvgIpc) is 3.24. The lowest BCUT2D eigenvalue weighted by Gasteiger charge is -2.27. The second-order valence-corrected chi connectivity index (χ2v) is 6.21. The van der Waals surface area contributed by atoms with E-state index in [0.717, 1.165) is 38.0 Å². The molecule has 1 N–H and O–H groups in total. The molecule has 3 aromatic rings. The van der Waals surface area contributed by atoms with E-state index in [0.29, 0.717) is 11.5 Å². The molecular weight excluding hydrogens is 348 g/mol. The van der Waals surface area contributed by atoms with Gasteiger partial charge in [-0.05, 0) is 43.5 Å². The summed E-state index contributed by atoms with van der Waals surface area (Å²) in [6.45, 7) is 1.54. The molecule has 1 fully saturated rings. The van der Waals surface area contributed by atoms with Gasteiger partial charge >= 0.3 is 5.69 Å². The Morgan fingerprint density at radius 3 is 2.48 bits per heavy atom. The van der Waals surface area contributed by atoms with Crippen molar-refractivity contribution >= 4 is 23.0 Å². The number of nitro groups is 1. The van der Waals surface area contributed by atoms with Gasteiger partial charge in [0.1, 0.15) is 19.0 Å². The maximum Gasteiger partial charge on any atom is 0.353 e. The number of benzene rings is 1. The van der Waals surface area contributed by atoms with Gasteiger partial charge in [0.15, 0.2) is 0 Å². The predicted molar refractivity (Wildman–Crippen MR) is 99.4 cm³/mol. The van der Waals surface area contributed by atoms with Crippen molar-refractivity contribution in [3.8, 4) is 5.69 Å². The lowest BCUT2D eigenvalue weighted by molar-refractivity contribution is -0.383. The van der Waals surface area contributed by atoms with E-state index < -0.39 is 4.92 Å². The van der Waals surface area contributed by atoms with Crippen LogP contribution in [-0.2, 0) is 0 Å². The van der Waals surface area contributed by atoms with Gasteiger partial charge in [0.25, 0.3) is 0 Å². The standard InChI is InChI=1S/C17H18N8O2/c26-25(27)15-16(19-11-20-17(15)23-8-2-1-3-9-23)22-13-4-6-14(7-5-13)24-12-18-10-21-24/h4-7,10-12H,1-3,8-9H2,(H,19,20,22). The summed E-state index contributed by atoms with van der Waals surface area (Å²) in [5.74, 6) is 0.556. The number of piperidine rings is 1. The van der Waals surface area contributed by atoms with Gasteiger partial charge in [-0.3, -0.25) is 10.1 Å². The Kier molecular flexibility index (Phi) is 4.60. The zero-order valence-electron chi connectivity index (χ0n) is 14.5. The summed E-state index contributed by atoms with van der Waals surface area (Å²) >= 11 is 0. The largest absolute Gasteiger partial charge is 0.353 e. The van der Waals surface area contributed by atoms with Crippen molar-refractivity contribution < 1.29 is 4.92 Å². The fraction of sp³-hybridized carbons (Fsp3) is 0.294. The van der Waals surface area contributed by atoms with Crippen LogP contribution in [0.4, 0.5) is 23.0 Å². The first-order valence-electron chi connectivity index (χ1n) is 8.69. The Labute approximate surface area is 155 Å². The Morgan fingerprint density at radius 2 is 1.81 bits per heavy atom. The molecule has 1 aliphatic heterocycles. The van der Waals surface area contributed by atoms with E-state index in [1.807, 2.05) is 29.2 Å². The monoisotopic (exact) mass is 366 g/mol. The van der Waals surface area contributed by atoms with Gasteiger partial charge in [-0.1, -0.05) is 0 Å². The van der Waals surface area contributed by atoms with Crippen LogP contribution in [0.2, 0.25) is 0 Å². The summed E-state index contributed by atoms with van der Waals surface area (Å²) in [6.07, 6.45) is 7.57. The number of anilines is 3. The van der Waals surface area contributed by atoms with Crippen LogP contribution in [0.25, 0.3) is 5.69 Å². The van der Waals surface area contributed by atoms with Gasteiger partial charge in [-0.25, -0.2) is 19.6 Å². The molecule has 0 spiro atoms. The maximum atomic E-state index is 11.7. The van der Waals surface area contributed by atoms with Crippen LogP contribution < -0.4 is 10.2 Å². The van der Waals surface area contributed by atoms with Gasteiger partial charge in [0, 0.05) is 18.8 Å². The summed E-state index contributed by atoms with van der Waals surface area (Å²) in [5, 5.41) is 18.8. The van der Waals surface area contributed by atoms with Gasteiger partial charge < -0.3 is 10.2 Å². The van der Waals surface area contributed by atoms with Crippen LogP contribution in [0.1, 0.15) is 19.3 Å². The van der Waals surface area contributed by atoms with Crippen molar-refractivity contribution in [3.05, 3.63) is 53.4 Å². The lowest BCUT2D eigenvalue weighted by atomic mass is 10.1.